The summed E-state index contributed by atoms with van der Waals surface area (Å²) in [7, 11) is 0. The van der Waals surface area contributed by atoms with Gasteiger partial charge in [0.15, 0.2) is 0 Å². The van der Waals surface area contributed by atoms with Crippen molar-refractivity contribution in [2.24, 2.45) is 0 Å². The highest BCUT2D eigenvalue weighted by Crippen LogP contribution is 2.27. The van der Waals surface area contributed by atoms with Crippen molar-refractivity contribution >= 4 is 17.7 Å². The van der Waals surface area contributed by atoms with Crippen molar-refractivity contribution in [1.82, 2.24) is 5.32 Å². The number of thioether (sulfide) groups is 1. The molecule has 1 amide bonds. The second-order valence-corrected chi connectivity index (χ2v) is 8.28. The first kappa shape index (κ1) is 17.6. The summed E-state index contributed by atoms with van der Waals surface area (Å²) in [6, 6.07) is 18.1. The third-order valence-corrected chi connectivity index (χ3v) is 4.52. The lowest BCUT2D eigenvalue weighted by Gasteiger charge is -2.27. The molecule has 0 aromatic heterocycles. The summed E-state index contributed by atoms with van der Waals surface area (Å²) in [5.41, 5.74) is 1.68. The summed E-state index contributed by atoms with van der Waals surface area (Å²) in [5.74, 6) is -0.00492. The van der Waals surface area contributed by atoms with E-state index >= 15 is 0 Å². The highest BCUT2D eigenvalue weighted by molar-refractivity contribution is 8.00. The van der Waals surface area contributed by atoms with E-state index in [1.54, 1.807) is 11.8 Å². The monoisotopic (exact) mass is 327 g/mol. The van der Waals surface area contributed by atoms with Gasteiger partial charge in [-0.1, -0.05) is 56.3 Å². The summed E-state index contributed by atoms with van der Waals surface area (Å²) in [6.07, 6.45) is 0.805. The zero-order valence-electron chi connectivity index (χ0n) is 14.3. The number of carbonyl (C=O) groups excluding carboxylic acids is 1. The van der Waals surface area contributed by atoms with Crippen LogP contribution in [0.3, 0.4) is 0 Å². The van der Waals surface area contributed by atoms with Crippen molar-refractivity contribution in [3.63, 3.8) is 0 Å². The van der Waals surface area contributed by atoms with Gasteiger partial charge < -0.3 is 5.32 Å². The van der Waals surface area contributed by atoms with E-state index in [2.05, 4.69) is 45.1 Å². The first-order valence-corrected chi connectivity index (χ1v) is 8.87. The van der Waals surface area contributed by atoms with Gasteiger partial charge in [0.25, 0.3) is 5.91 Å². The fourth-order valence-corrected chi connectivity index (χ4v) is 3.49. The molecule has 0 saturated carbocycles. The zero-order chi connectivity index (χ0) is 16.9. The molecule has 2 rings (SSSR count). The molecule has 0 aliphatic heterocycles. The van der Waals surface area contributed by atoms with Gasteiger partial charge in [0.2, 0.25) is 0 Å². The van der Waals surface area contributed by atoms with E-state index in [9.17, 15) is 4.79 Å². The maximum atomic E-state index is 12.7. The number of hydrogen-bond acceptors (Lipinski definition) is 2. The quantitative estimate of drug-likeness (QED) is 0.762. The van der Waals surface area contributed by atoms with Gasteiger partial charge in [-0.2, -0.15) is 0 Å². The molecule has 2 aromatic rings. The normalized spacial score (nSPS) is 11.5. The first-order chi connectivity index (χ1) is 10.9. The molecule has 0 spiro atoms. The third kappa shape index (κ3) is 5.43. The first-order valence-electron chi connectivity index (χ1n) is 7.99. The van der Waals surface area contributed by atoms with Crippen LogP contribution in [-0.2, 0) is 6.42 Å². The van der Waals surface area contributed by atoms with E-state index in [4.69, 9.17) is 0 Å². The van der Waals surface area contributed by atoms with Crippen LogP contribution in [-0.4, -0.2) is 16.7 Å². The molecule has 3 heteroatoms. The lowest BCUT2D eigenvalue weighted by molar-refractivity contribution is 0.0910. The van der Waals surface area contributed by atoms with E-state index in [0.717, 1.165) is 16.9 Å². The molecule has 0 atom stereocenters. The van der Waals surface area contributed by atoms with Crippen LogP contribution in [0.25, 0.3) is 0 Å². The molecule has 1 N–H and O–H groups in total. The van der Waals surface area contributed by atoms with E-state index in [1.165, 1.54) is 5.56 Å². The van der Waals surface area contributed by atoms with Crippen LogP contribution in [0.15, 0.2) is 59.5 Å². The Hall–Kier alpha value is -1.74. The fraction of sp³-hybridized carbons (Fsp3) is 0.350. The van der Waals surface area contributed by atoms with E-state index < -0.39 is 0 Å². The Morgan fingerprint density at radius 2 is 1.65 bits per heavy atom. The highest BCUT2D eigenvalue weighted by Gasteiger charge is 2.23. The summed E-state index contributed by atoms with van der Waals surface area (Å²) >= 11 is 1.72. The average molecular weight is 327 g/mol. The maximum absolute atomic E-state index is 12.7. The molecular weight excluding hydrogens is 302 g/mol. The molecule has 2 nitrogen and oxygen atoms in total. The predicted molar refractivity (Wildman–Crippen MR) is 99.1 cm³/mol. The molecular formula is C20H25NOS. The SMILES string of the molecule is CC(C)Sc1ccccc1C(=O)NC(C)(C)Cc1ccccc1. The van der Waals surface area contributed by atoms with Gasteiger partial charge in [-0.15, -0.1) is 11.8 Å². The largest absolute Gasteiger partial charge is 0.347 e. The molecule has 122 valence electrons. The number of hydrogen-bond donors (Lipinski definition) is 1. The van der Waals surface area contributed by atoms with Crippen molar-refractivity contribution in [1.29, 1.82) is 0 Å². The Bertz CT molecular complexity index is 650. The van der Waals surface area contributed by atoms with Crippen LogP contribution in [0.1, 0.15) is 43.6 Å². The summed E-state index contributed by atoms with van der Waals surface area (Å²) in [6.45, 7) is 8.41. The van der Waals surface area contributed by atoms with Crippen molar-refractivity contribution < 1.29 is 4.79 Å². The van der Waals surface area contributed by atoms with Gasteiger partial charge in [0.05, 0.1) is 5.56 Å². The molecule has 0 radical (unpaired) electrons. The van der Waals surface area contributed by atoms with E-state index in [1.807, 2.05) is 42.5 Å². The molecule has 0 unspecified atom stereocenters. The van der Waals surface area contributed by atoms with Crippen molar-refractivity contribution in [2.75, 3.05) is 0 Å². The molecule has 0 aliphatic rings. The second-order valence-electron chi connectivity index (χ2n) is 6.66. The third-order valence-electron chi connectivity index (χ3n) is 3.44. The second kappa shape index (κ2) is 7.69. The number of carbonyl (C=O) groups is 1. The lowest BCUT2D eigenvalue weighted by Crippen LogP contribution is -2.45. The Kier molecular flexibility index (Phi) is 5.89. The Labute approximate surface area is 143 Å². The maximum Gasteiger partial charge on any atom is 0.252 e. The predicted octanol–water partition coefficient (Wildman–Crippen LogP) is 4.94. The average Bonchev–Trinajstić information content (AvgIpc) is 2.47. The Morgan fingerprint density at radius 1 is 1.04 bits per heavy atom. The topological polar surface area (TPSA) is 29.1 Å². The van der Waals surface area contributed by atoms with Crippen LogP contribution in [0.2, 0.25) is 0 Å². The minimum Gasteiger partial charge on any atom is -0.347 e. The molecule has 2 aromatic carbocycles. The molecule has 0 saturated heterocycles. The minimum absolute atomic E-state index is 0.00492. The van der Waals surface area contributed by atoms with Crippen LogP contribution in [0.5, 0.6) is 0 Å². The van der Waals surface area contributed by atoms with Crippen LogP contribution >= 0.6 is 11.8 Å². The highest BCUT2D eigenvalue weighted by atomic mass is 32.2. The van der Waals surface area contributed by atoms with Gasteiger partial charge in [0, 0.05) is 15.7 Å². The number of amides is 1. The van der Waals surface area contributed by atoms with Gasteiger partial charge in [-0.3, -0.25) is 4.79 Å². The van der Waals surface area contributed by atoms with Gasteiger partial charge in [0.1, 0.15) is 0 Å². The number of benzene rings is 2. The van der Waals surface area contributed by atoms with Crippen LogP contribution in [0.4, 0.5) is 0 Å². The molecule has 0 bridgehead atoms. The Morgan fingerprint density at radius 3 is 2.30 bits per heavy atom. The Balaban J connectivity index is 2.12. The molecule has 23 heavy (non-hydrogen) atoms. The minimum atomic E-state index is -0.298. The van der Waals surface area contributed by atoms with Crippen LogP contribution < -0.4 is 5.32 Å². The van der Waals surface area contributed by atoms with Crippen LogP contribution in [0, 0.1) is 0 Å². The lowest BCUT2D eigenvalue weighted by atomic mass is 9.94. The van der Waals surface area contributed by atoms with Crippen molar-refractivity contribution in [3.05, 3.63) is 65.7 Å². The van der Waals surface area contributed by atoms with E-state index in [0.29, 0.717) is 5.25 Å². The van der Waals surface area contributed by atoms with Gasteiger partial charge in [-0.05, 0) is 38.0 Å². The number of rotatable bonds is 6. The summed E-state index contributed by atoms with van der Waals surface area (Å²) < 4.78 is 0. The fourth-order valence-electron chi connectivity index (χ4n) is 2.54. The smallest absolute Gasteiger partial charge is 0.252 e. The summed E-state index contributed by atoms with van der Waals surface area (Å²) in [5, 5.41) is 3.63. The zero-order valence-corrected chi connectivity index (χ0v) is 15.1. The molecule has 0 heterocycles. The van der Waals surface area contributed by atoms with Gasteiger partial charge >= 0.3 is 0 Å². The van der Waals surface area contributed by atoms with Gasteiger partial charge in [-0.25, -0.2) is 0 Å². The molecule has 0 fully saturated rings. The van der Waals surface area contributed by atoms with Crippen molar-refractivity contribution in [3.8, 4) is 0 Å². The summed E-state index contributed by atoms with van der Waals surface area (Å²) in [4.78, 5) is 13.8. The number of nitrogens with one attached hydrogen (secondary N) is 1. The van der Waals surface area contributed by atoms with Crippen molar-refractivity contribution in [2.45, 2.75) is 49.8 Å². The molecule has 0 aliphatic carbocycles. The standard InChI is InChI=1S/C20H25NOS/c1-15(2)23-18-13-9-8-12-17(18)19(22)21-20(3,4)14-16-10-6-5-7-11-16/h5-13,15H,14H2,1-4H3,(H,21,22). The van der Waals surface area contributed by atoms with E-state index in [-0.39, 0.29) is 11.4 Å².